The van der Waals surface area contributed by atoms with Gasteiger partial charge in [-0.05, 0) is 22.9 Å². The van der Waals surface area contributed by atoms with E-state index in [0.29, 0.717) is 0 Å². The summed E-state index contributed by atoms with van der Waals surface area (Å²) in [4.78, 5) is 0. The Morgan fingerprint density at radius 2 is 0.613 bits per heavy atom. The van der Waals surface area contributed by atoms with Crippen LogP contribution in [0.15, 0.2) is 251 Å². The molecule has 0 saturated carbocycles. The number of hydrogen-bond donors (Lipinski definition) is 0. The van der Waals surface area contributed by atoms with Gasteiger partial charge in [-0.15, -0.1) is 0 Å². The minimum absolute atomic E-state index is 0.105. The average Bonchev–Trinajstić information content (AvgIpc) is 4.17. The van der Waals surface area contributed by atoms with Crippen LogP contribution in [0.3, 0.4) is 0 Å². The van der Waals surface area contributed by atoms with Crippen LogP contribution in [0.5, 0.6) is 0 Å². The Morgan fingerprint density at radius 1 is 0.227 bits per heavy atom. The van der Waals surface area contributed by atoms with Crippen molar-refractivity contribution in [2.24, 2.45) is 0 Å². The standard InChI is InChI=1S/C72H40O2Se/c1-3-16-46-41(14-1)29-36-62-70(46)58-38-43(31-34-60(58)73-62)66-48-18-5-7-20-50(48)68(51-21-8-6-19-49(51)66)45-28-33-56-65(40-45)75-64-27-13-26-57(72(56)64)69-54-24-11-9-22-52(54)67(53-23-10-12-25-55(53)69)44-32-35-61-59(39-44)71-47-17-4-2-15-42(47)30-37-63(71)74-61/h1-40H. The Bertz CT molecular complexity index is 5200. The maximum atomic E-state index is 6.50. The van der Waals surface area contributed by atoms with Crippen LogP contribution in [-0.2, 0) is 0 Å². The third-order valence-electron chi connectivity index (χ3n) is 16.2. The van der Waals surface area contributed by atoms with E-state index in [4.69, 9.17) is 8.83 Å². The van der Waals surface area contributed by atoms with E-state index in [9.17, 15) is 0 Å². The molecule has 17 aromatic rings. The Hall–Kier alpha value is -9.24. The average molecular weight is 1020 g/mol. The minimum atomic E-state index is 0.105. The van der Waals surface area contributed by atoms with Gasteiger partial charge >= 0.3 is 355 Å². The summed E-state index contributed by atoms with van der Waals surface area (Å²) in [6.45, 7) is 0. The van der Waals surface area contributed by atoms with Gasteiger partial charge in [0.05, 0.1) is 0 Å². The molecule has 0 amide bonds. The van der Waals surface area contributed by atoms with E-state index >= 15 is 0 Å². The summed E-state index contributed by atoms with van der Waals surface area (Å²) < 4.78 is 15.8. The predicted octanol–water partition coefficient (Wildman–Crippen LogP) is 20.4. The number of rotatable bonds is 4. The van der Waals surface area contributed by atoms with E-state index in [-0.39, 0.29) is 14.5 Å². The molecule has 17 rings (SSSR count). The van der Waals surface area contributed by atoms with E-state index in [2.05, 4.69) is 243 Å². The molecule has 0 radical (unpaired) electrons. The van der Waals surface area contributed by atoms with Crippen LogP contribution in [0.1, 0.15) is 0 Å². The van der Waals surface area contributed by atoms with Gasteiger partial charge in [-0.2, -0.15) is 0 Å². The fourth-order valence-corrected chi connectivity index (χ4v) is 15.5. The van der Waals surface area contributed by atoms with Gasteiger partial charge in [0.15, 0.2) is 0 Å². The zero-order valence-corrected chi connectivity index (χ0v) is 42.0. The van der Waals surface area contributed by atoms with Crippen molar-refractivity contribution in [1.82, 2.24) is 0 Å². The molecule has 346 valence electrons. The van der Waals surface area contributed by atoms with Crippen molar-refractivity contribution >= 4 is 142 Å². The number of furan rings is 2. The predicted molar refractivity (Wildman–Crippen MR) is 320 cm³/mol. The molecule has 0 atom stereocenters. The summed E-state index contributed by atoms with van der Waals surface area (Å²) in [6, 6.07) is 89.9. The van der Waals surface area contributed by atoms with E-state index in [1.165, 1.54) is 139 Å². The molecule has 0 spiro atoms. The van der Waals surface area contributed by atoms with Gasteiger partial charge in [0.25, 0.3) is 0 Å². The van der Waals surface area contributed by atoms with Crippen LogP contribution >= 0.6 is 0 Å². The quantitative estimate of drug-likeness (QED) is 0.130. The first-order valence-electron chi connectivity index (χ1n) is 25.7. The number of benzene rings is 14. The first-order chi connectivity index (χ1) is 37.2. The molecule has 0 aliphatic rings. The molecule has 0 aliphatic carbocycles. The normalized spacial score (nSPS) is 12.3. The monoisotopic (exact) mass is 1020 g/mol. The second kappa shape index (κ2) is 15.6. The first kappa shape index (κ1) is 41.3. The van der Waals surface area contributed by atoms with Crippen molar-refractivity contribution in [2.45, 2.75) is 0 Å². The van der Waals surface area contributed by atoms with E-state index < -0.39 is 0 Å². The van der Waals surface area contributed by atoms with Crippen molar-refractivity contribution < 1.29 is 8.83 Å². The van der Waals surface area contributed by atoms with Gasteiger partial charge in [-0.25, -0.2) is 0 Å². The molecule has 2 nitrogen and oxygen atoms in total. The second-order valence-corrected chi connectivity index (χ2v) is 22.4. The summed E-state index contributed by atoms with van der Waals surface area (Å²) in [5.41, 5.74) is 13.6. The van der Waals surface area contributed by atoms with Gasteiger partial charge in [-0.1, -0.05) is 60.7 Å². The number of hydrogen-bond acceptors (Lipinski definition) is 2. The van der Waals surface area contributed by atoms with E-state index in [1.54, 1.807) is 0 Å². The van der Waals surface area contributed by atoms with Crippen LogP contribution in [0, 0.1) is 0 Å². The Balaban J connectivity index is 0.855. The summed E-state index contributed by atoms with van der Waals surface area (Å²) in [6.07, 6.45) is 0. The number of fused-ring (bicyclic) bond motifs is 17. The summed E-state index contributed by atoms with van der Waals surface area (Å²) >= 11 is 0.105. The van der Waals surface area contributed by atoms with E-state index in [1.807, 2.05) is 0 Å². The Kier molecular flexibility index (Phi) is 8.60. The fourth-order valence-electron chi connectivity index (χ4n) is 13.1. The van der Waals surface area contributed by atoms with Gasteiger partial charge in [-0.3, -0.25) is 0 Å². The van der Waals surface area contributed by atoms with Crippen molar-refractivity contribution in [1.29, 1.82) is 0 Å². The molecular formula is C72H40O2Se. The van der Waals surface area contributed by atoms with Crippen molar-refractivity contribution in [2.75, 3.05) is 0 Å². The molecule has 0 bridgehead atoms. The zero-order chi connectivity index (χ0) is 48.9. The van der Waals surface area contributed by atoms with Gasteiger partial charge in [0.1, 0.15) is 0 Å². The van der Waals surface area contributed by atoms with Gasteiger partial charge in [0.2, 0.25) is 0 Å². The third kappa shape index (κ3) is 5.91. The summed E-state index contributed by atoms with van der Waals surface area (Å²) in [7, 11) is 0. The Labute approximate surface area is 435 Å². The van der Waals surface area contributed by atoms with Crippen molar-refractivity contribution in [3.63, 3.8) is 0 Å². The second-order valence-electron chi connectivity index (χ2n) is 20.1. The molecule has 0 saturated heterocycles. The third-order valence-corrected chi connectivity index (χ3v) is 18.6. The molecule has 3 heteroatoms. The van der Waals surface area contributed by atoms with Crippen LogP contribution in [0.2, 0.25) is 0 Å². The maximum absolute atomic E-state index is 6.50. The van der Waals surface area contributed by atoms with Crippen molar-refractivity contribution in [3.05, 3.63) is 243 Å². The Morgan fingerprint density at radius 3 is 1.08 bits per heavy atom. The van der Waals surface area contributed by atoms with Crippen LogP contribution in [0.4, 0.5) is 0 Å². The van der Waals surface area contributed by atoms with Gasteiger partial charge in [0, 0.05) is 0 Å². The molecular weight excluding hydrogens is 976 g/mol. The van der Waals surface area contributed by atoms with Crippen molar-refractivity contribution in [3.8, 4) is 44.5 Å². The molecule has 0 N–H and O–H groups in total. The fraction of sp³-hybridized carbons (Fsp3) is 0. The molecule has 3 heterocycles. The van der Waals surface area contributed by atoms with Crippen LogP contribution in [0.25, 0.3) is 172 Å². The molecule has 0 fully saturated rings. The molecule has 0 aliphatic heterocycles. The topological polar surface area (TPSA) is 26.3 Å². The van der Waals surface area contributed by atoms with Gasteiger partial charge < -0.3 is 0 Å². The summed E-state index contributed by atoms with van der Waals surface area (Å²) in [5, 5.41) is 22.2. The first-order valence-corrected chi connectivity index (χ1v) is 27.4. The van der Waals surface area contributed by atoms with E-state index in [0.717, 1.165) is 33.1 Å². The van der Waals surface area contributed by atoms with Crippen LogP contribution < -0.4 is 0 Å². The molecule has 3 aromatic heterocycles. The molecule has 14 aromatic carbocycles. The zero-order valence-electron chi connectivity index (χ0n) is 40.3. The van der Waals surface area contributed by atoms with Crippen LogP contribution in [-0.4, -0.2) is 14.5 Å². The summed E-state index contributed by atoms with van der Waals surface area (Å²) in [5.74, 6) is 0. The molecule has 0 unspecified atom stereocenters. The SMILES string of the molecule is c1ccc2c(c1)ccc1oc3ccc(-c4c5ccccc5c(-c5ccc6c(c5)[se]c5cccc(-c7c8ccccc8c(-c8ccc9oc%10ccc%11ccccc%11c%10c9c8)c8ccccc78)c56)c5ccccc45)cc3c12. The molecule has 75 heavy (non-hydrogen) atoms.